The fourth-order valence-corrected chi connectivity index (χ4v) is 3.97. The maximum atomic E-state index is 12.5. The number of likely N-dealkylation sites (tertiary alicyclic amines) is 1. The van der Waals surface area contributed by atoms with Gasteiger partial charge in [-0.3, -0.25) is 9.59 Å². The van der Waals surface area contributed by atoms with Gasteiger partial charge < -0.3 is 14.9 Å². The average Bonchev–Trinajstić information content (AvgIpc) is 2.59. The SMILES string of the molecule is CCCCN(C)C(=O)C1CCN(C(=O)CC2(O)CCCCC2)CC1. The van der Waals surface area contributed by atoms with Crippen molar-refractivity contribution in [2.75, 3.05) is 26.7 Å². The molecule has 2 aliphatic rings. The molecule has 24 heavy (non-hydrogen) atoms. The molecule has 2 rings (SSSR count). The van der Waals surface area contributed by atoms with Crippen LogP contribution >= 0.6 is 0 Å². The third kappa shape index (κ3) is 5.20. The lowest BCUT2D eigenvalue weighted by atomic mass is 9.82. The predicted octanol–water partition coefficient (Wildman–Crippen LogP) is 2.57. The number of unbranched alkanes of at least 4 members (excludes halogenated alkanes) is 1. The topological polar surface area (TPSA) is 60.9 Å². The Labute approximate surface area is 146 Å². The van der Waals surface area contributed by atoms with Gasteiger partial charge in [0.25, 0.3) is 0 Å². The van der Waals surface area contributed by atoms with E-state index in [0.29, 0.717) is 13.1 Å². The smallest absolute Gasteiger partial charge is 0.225 e. The quantitative estimate of drug-likeness (QED) is 0.810. The molecular formula is C19H34N2O3. The van der Waals surface area contributed by atoms with E-state index in [9.17, 15) is 14.7 Å². The molecule has 0 radical (unpaired) electrons. The van der Waals surface area contributed by atoms with Gasteiger partial charge in [0.1, 0.15) is 0 Å². The molecule has 1 N–H and O–H groups in total. The molecule has 0 unspecified atom stereocenters. The number of piperidine rings is 1. The van der Waals surface area contributed by atoms with Crippen LogP contribution in [0.4, 0.5) is 0 Å². The van der Waals surface area contributed by atoms with Crippen LogP contribution < -0.4 is 0 Å². The average molecular weight is 338 g/mol. The molecule has 1 aliphatic carbocycles. The Hall–Kier alpha value is -1.10. The molecule has 1 saturated carbocycles. The van der Waals surface area contributed by atoms with Gasteiger partial charge in [-0.1, -0.05) is 32.6 Å². The lowest BCUT2D eigenvalue weighted by Gasteiger charge is -2.37. The summed E-state index contributed by atoms with van der Waals surface area (Å²) in [5, 5.41) is 10.6. The normalized spacial score (nSPS) is 21.5. The predicted molar refractivity (Wildman–Crippen MR) is 94.5 cm³/mol. The summed E-state index contributed by atoms with van der Waals surface area (Å²) < 4.78 is 0. The lowest BCUT2D eigenvalue weighted by molar-refractivity contribution is -0.143. The molecule has 0 aromatic rings. The minimum atomic E-state index is -0.789. The van der Waals surface area contributed by atoms with Gasteiger partial charge in [-0.2, -0.15) is 0 Å². The van der Waals surface area contributed by atoms with Crippen LogP contribution in [-0.2, 0) is 9.59 Å². The molecule has 5 heteroatoms. The van der Waals surface area contributed by atoms with Gasteiger partial charge >= 0.3 is 0 Å². The number of nitrogens with zero attached hydrogens (tertiary/aromatic N) is 2. The fourth-order valence-electron chi connectivity index (χ4n) is 3.97. The highest BCUT2D eigenvalue weighted by Crippen LogP contribution is 2.32. The number of aliphatic hydroxyl groups is 1. The Kier molecular flexibility index (Phi) is 7.08. The number of carbonyl (C=O) groups excluding carboxylic acids is 2. The van der Waals surface area contributed by atoms with Crippen molar-refractivity contribution < 1.29 is 14.7 Å². The number of rotatable bonds is 6. The molecule has 2 amide bonds. The summed E-state index contributed by atoms with van der Waals surface area (Å²) in [7, 11) is 1.88. The molecule has 2 fully saturated rings. The van der Waals surface area contributed by atoms with Crippen LogP contribution in [0.15, 0.2) is 0 Å². The van der Waals surface area contributed by atoms with Crippen LogP contribution in [0.3, 0.4) is 0 Å². The Morgan fingerprint density at radius 2 is 1.79 bits per heavy atom. The molecule has 138 valence electrons. The Balaban J connectivity index is 1.77. The first-order valence-corrected chi connectivity index (χ1v) is 9.70. The van der Waals surface area contributed by atoms with Crippen molar-refractivity contribution >= 4 is 11.8 Å². The minimum absolute atomic E-state index is 0.0497. The van der Waals surface area contributed by atoms with Gasteiger partial charge in [0.15, 0.2) is 0 Å². The first kappa shape index (κ1) is 19.2. The summed E-state index contributed by atoms with van der Waals surface area (Å²) in [4.78, 5) is 28.6. The van der Waals surface area contributed by atoms with Crippen LogP contribution in [0.2, 0.25) is 0 Å². The molecule has 0 spiro atoms. The van der Waals surface area contributed by atoms with Crippen molar-refractivity contribution in [2.45, 2.75) is 76.7 Å². The third-order valence-electron chi connectivity index (χ3n) is 5.68. The van der Waals surface area contributed by atoms with Crippen molar-refractivity contribution in [2.24, 2.45) is 5.92 Å². The van der Waals surface area contributed by atoms with Gasteiger partial charge in [0.05, 0.1) is 12.0 Å². The molecular weight excluding hydrogens is 304 g/mol. The van der Waals surface area contributed by atoms with Crippen molar-refractivity contribution in [3.63, 3.8) is 0 Å². The van der Waals surface area contributed by atoms with E-state index in [-0.39, 0.29) is 24.2 Å². The van der Waals surface area contributed by atoms with E-state index in [4.69, 9.17) is 0 Å². The van der Waals surface area contributed by atoms with Crippen LogP contribution in [0.1, 0.15) is 71.1 Å². The second-order valence-electron chi connectivity index (χ2n) is 7.73. The van der Waals surface area contributed by atoms with Gasteiger partial charge in [-0.25, -0.2) is 0 Å². The van der Waals surface area contributed by atoms with Gasteiger partial charge in [-0.05, 0) is 32.1 Å². The molecule has 0 aromatic heterocycles. The largest absolute Gasteiger partial charge is 0.389 e. The van der Waals surface area contributed by atoms with E-state index in [1.165, 1.54) is 0 Å². The summed E-state index contributed by atoms with van der Waals surface area (Å²) >= 11 is 0. The van der Waals surface area contributed by atoms with Crippen molar-refractivity contribution in [1.82, 2.24) is 9.80 Å². The molecule has 0 aromatic carbocycles. The fraction of sp³-hybridized carbons (Fsp3) is 0.895. The second-order valence-corrected chi connectivity index (χ2v) is 7.73. The highest BCUT2D eigenvalue weighted by Gasteiger charge is 2.35. The lowest BCUT2D eigenvalue weighted by Crippen LogP contribution is -2.46. The van der Waals surface area contributed by atoms with E-state index in [1.807, 2.05) is 16.8 Å². The van der Waals surface area contributed by atoms with E-state index in [1.54, 1.807) is 0 Å². The van der Waals surface area contributed by atoms with E-state index in [0.717, 1.165) is 64.3 Å². The number of hydrogen-bond acceptors (Lipinski definition) is 3. The molecule has 0 atom stereocenters. The summed E-state index contributed by atoms with van der Waals surface area (Å²) in [6.07, 6.45) is 8.57. The van der Waals surface area contributed by atoms with E-state index in [2.05, 4.69) is 6.92 Å². The first-order chi connectivity index (χ1) is 11.4. The summed E-state index contributed by atoms with van der Waals surface area (Å²) in [5.74, 6) is 0.333. The van der Waals surface area contributed by atoms with Gasteiger partial charge in [0, 0.05) is 32.6 Å². The second kappa shape index (κ2) is 8.84. The maximum Gasteiger partial charge on any atom is 0.225 e. The Bertz CT molecular complexity index is 424. The van der Waals surface area contributed by atoms with Crippen molar-refractivity contribution in [1.29, 1.82) is 0 Å². The molecule has 1 heterocycles. The van der Waals surface area contributed by atoms with Crippen LogP contribution in [0.25, 0.3) is 0 Å². The van der Waals surface area contributed by atoms with Crippen LogP contribution in [0.5, 0.6) is 0 Å². The summed E-state index contributed by atoms with van der Waals surface area (Å²) in [6, 6.07) is 0. The summed E-state index contributed by atoms with van der Waals surface area (Å²) in [6.45, 7) is 4.24. The molecule has 0 bridgehead atoms. The highest BCUT2D eigenvalue weighted by molar-refractivity contribution is 5.80. The van der Waals surface area contributed by atoms with Crippen molar-refractivity contribution in [3.05, 3.63) is 0 Å². The number of hydrogen-bond donors (Lipinski definition) is 1. The van der Waals surface area contributed by atoms with Crippen LogP contribution in [-0.4, -0.2) is 59.0 Å². The zero-order valence-electron chi connectivity index (χ0n) is 15.4. The number of carbonyl (C=O) groups is 2. The number of amides is 2. The highest BCUT2D eigenvalue weighted by atomic mass is 16.3. The molecule has 1 aliphatic heterocycles. The zero-order chi connectivity index (χ0) is 17.6. The Morgan fingerprint density at radius 1 is 1.17 bits per heavy atom. The van der Waals surface area contributed by atoms with E-state index < -0.39 is 5.60 Å². The summed E-state index contributed by atoms with van der Waals surface area (Å²) in [5.41, 5.74) is -0.789. The van der Waals surface area contributed by atoms with E-state index >= 15 is 0 Å². The first-order valence-electron chi connectivity index (χ1n) is 9.70. The third-order valence-corrected chi connectivity index (χ3v) is 5.68. The van der Waals surface area contributed by atoms with Gasteiger partial charge in [-0.15, -0.1) is 0 Å². The van der Waals surface area contributed by atoms with Crippen LogP contribution in [0, 0.1) is 5.92 Å². The minimum Gasteiger partial charge on any atom is -0.389 e. The maximum absolute atomic E-state index is 12.5. The monoisotopic (exact) mass is 338 g/mol. The molecule has 5 nitrogen and oxygen atoms in total. The Morgan fingerprint density at radius 3 is 2.38 bits per heavy atom. The van der Waals surface area contributed by atoms with Gasteiger partial charge in [0.2, 0.25) is 11.8 Å². The standard InChI is InChI=1S/C19H34N2O3/c1-3-4-12-20(2)18(23)16-8-13-21(14-9-16)17(22)15-19(24)10-6-5-7-11-19/h16,24H,3-15H2,1-2H3. The zero-order valence-corrected chi connectivity index (χ0v) is 15.4. The van der Waals surface area contributed by atoms with Crippen molar-refractivity contribution in [3.8, 4) is 0 Å². The molecule has 1 saturated heterocycles.